The van der Waals surface area contributed by atoms with E-state index in [9.17, 15) is 4.79 Å². The highest BCUT2D eigenvalue weighted by Gasteiger charge is 2.24. The molecule has 1 aromatic carbocycles. The molecule has 1 amide bonds. The molecule has 0 aliphatic rings. The van der Waals surface area contributed by atoms with E-state index in [1.54, 1.807) is 6.26 Å². The summed E-state index contributed by atoms with van der Waals surface area (Å²) < 4.78 is 7.54. The molecule has 0 radical (unpaired) electrons. The van der Waals surface area contributed by atoms with Gasteiger partial charge in [0.2, 0.25) is 5.91 Å². The molecule has 0 bridgehead atoms. The van der Waals surface area contributed by atoms with Gasteiger partial charge in [-0.05, 0) is 36.6 Å². The third-order valence-corrected chi connectivity index (χ3v) is 5.30. The van der Waals surface area contributed by atoms with E-state index < -0.39 is 0 Å². The number of hydrogen-bond donors (Lipinski definition) is 1. The van der Waals surface area contributed by atoms with Gasteiger partial charge < -0.3 is 9.73 Å². The quantitative estimate of drug-likeness (QED) is 0.570. The van der Waals surface area contributed by atoms with Gasteiger partial charge in [0, 0.05) is 12.2 Å². The molecule has 0 saturated carbocycles. The zero-order valence-corrected chi connectivity index (χ0v) is 16.6. The number of carbonyl (C=O) groups is 1. The molecule has 2 aromatic heterocycles. The first kappa shape index (κ1) is 19.2. The fourth-order valence-corrected chi connectivity index (χ4v) is 3.65. The van der Waals surface area contributed by atoms with E-state index >= 15 is 0 Å². The molecule has 0 saturated heterocycles. The zero-order chi connectivity index (χ0) is 19.2. The van der Waals surface area contributed by atoms with Crippen molar-refractivity contribution in [3.05, 3.63) is 48.7 Å². The Bertz CT molecular complexity index is 860. The van der Waals surface area contributed by atoms with Crippen molar-refractivity contribution < 1.29 is 9.21 Å². The number of furan rings is 1. The minimum atomic E-state index is -0.259. The van der Waals surface area contributed by atoms with Crippen molar-refractivity contribution in [2.75, 3.05) is 5.32 Å². The molecule has 3 rings (SSSR count). The molecule has 0 spiro atoms. The fraction of sp³-hybridized carbons (Fsp3) is 0.350. The van der Waals surface area contributed by atoms with Crippen LogP contribution < -0.4 is 5.32 Å². The van der Waals surface area contributed by atoms with Gasteiger partial charge in [-0.2, -0.15) is 0 Å². The van der Waals surface area contributed by atoms with Crippen LogP contribution in [0.2, 0.25) is 0 Å². The van der Waals surface area contributed by atoms with E-state index in [0.29, 0.717) is 23.9 Å². The van der Waals surface area contributed by atoms with E-state index in [0.717, 1.165) is 17.4 Å². The summed E-state index contributed by atoms with van der Waals surface area (Å²) in [4.78, 5) is 12.7. The van der Waals surface area contributed by atoms with Crippen LogP contribution >= 0.6 is 11.8 Å². The van der Waals surface area contributed by atoms with Gasteiger partial charge in [0.1, 0.15) is 0 Å². The van der Waals surface area contributed by atoms with Crippen molar-refractivity contribution in [1.29, 1.82) is 0 Å². The van der Waals surface area contributed by atoms with Crippen LogP contribution in [0.1, 0.15) is 27.2 Å². The summed E-state index contributed by atoms with van der Waals surface area (Å²) in [5.41, 5.74) is 0.793. The second kappa shape index (κ2) is 8.90. The van der Waals surface area contributed by atoms with Crippen molar-refractivity contribution in [3.8, 4) is 11.6 Å². The van der Waals surface area contributed by atoms with Crippen molar-refractivity contribution >= 4 is 23.4 Å². The first-order valence-corrected chi connectivity index (χ1v) is 9.96. The van der Waals surface area contributed by atoms with Gasteiger partial charge in [0.05, 0.1) is 11.5 Å². The van der Waals surface area contributed by atoms with Crippen LogP contribution in [0.4, 0.5) is 5.69 Å². The first-order valence-electron chi connectivity index (χ1n) is 9.08. The van der Waals surface area contributed by atoms with Crippen LogP contribution in [-0.2, 0) is 11.3 Å². The van der Waals surface area contributed by atoms with Crippen molar-refractivity contribution in [2.45, 2.75) is 44.1 Å². The number of amides is 1. The van der Waals surface area contributed by atoms with Crippen molar-refractivity contribution in [1.82, 2.24) is 14.8 Å². The lowest BCUT2D eigenvalue weighted by Gasteiger charge is -2.16. The summed E-state index contributed by atoms with van der Waals surface area (Å²) in [5, 5.41) is 12.1. The standard InChI is InChI=1S/C20H24N4O2S/c1-4-17(19(25)21-15-9-6-5-7-10-15)27-20-23-22-18(16-11-8-12-26-16)24(20)13-14(2)3/h5-12,14,17H,4,13H2,1-3H3,(H,21,25)/t17-/m0/s1. The Morgan fingerprint density at radius 3 is 2.59 bits per heavy atom. The molecule has 142 valence electrons. The van der Waals surface area contributed by atoms with Crippen LogP contribution in [0.15, 0.2) is 58.3 Å². The molecule has 6 nitrogen and oxygen atoms in total. The second-order valence-corrected chi connectivity index (χ2v) is 7.83. The van der Waals surface area contributed by atoms with Crippen LogP contribution in [-0.4, -0.2) is 25.9 Å². The first-order chi connectivity index (χ1) is 13.1. The number of aromatic nitrogens is 3. The van der Waals surface area contributed by atoms with Gasteiger partial charge in [-0.1, -0.05) is 50.7 Å². The molecule has 1 N–H and O–H groups in total. The van der Waals surface area contributed by atoms with E-state index in [1.807, 2.05) is 54.0 Å². The van der Waals surface area contributed by atoms with Gasteiger partial charge in [-0.15, -0.1) is 10.2 Å². The third kappa shape index (κ3) is 4.80. The minimum Gasteiger partial charge on any atom is -0.461 e. The summed E-state index contributed by atoms with van der Waals surface area (Å²) >= 11 is 1.44. The highest BCUT2D eigenvalue weighted by atomic mass is 32.2. The number of hydrogen-bond acceptors (Lipinski definition) is 5. The van der Waals surface area contributed by atoms with Crippen molar-refractivity contribution in [2.24, 2.45) is 5.92 Å². The maximum atomic E-state index is 12.7. The monoisotopic (exact) mass is 384 g/mol. The van der Waals surface area contributed by atoms with Gasteiger partial charge in [-0.25, -0.2) is 0 Å². The number of para-hydroxylation sites is 1. The maximum absolute atomic E-state index is 12.7. The molecule has 3 aromatic rings. The Balaban J connectivity index is 1.81. The summed E-state index contributed by atoms with van der Waals surface area (Å²) in [6.45, 7) is 7.03. The Kier molecular flexibility index (Phi) is 6.34. The SMILES string of the molecule is CC[C@H](Sc1nnc(-c2ccco2)n1CC(C)C)C(=O)Nc1ccccc1. The molecule has 1 atom stereocenters. The molecule has 0 aliphatic carbocycles. The lowest BCUT2D eigenvalue weighted by Crippen LogP contribution is -2.25. The highest BCUT2D eigenvalue weighted by Crippen LogP contribution is 2.29. The Morgan fingerprint density at radius 1 is 1.19 bits per heavy atom. The number of anilines is 1. The zero-order valence-electron chi connectivity index (χ0n) is 15.8. The van der Waals surface area contributed by atoms with Crippen LogP contribution in [0, 0.1) is 5.92 Å². The van der Waals surface area contributed by atoms with E-state index in [-0.39, 0.29) is 11.2 Å². The smallest absolute Gasteiger partial charge is 0.237 e. The molecular formula is C20H24N4O2S. The second-order valence-electron chi connectivity index (χ2n) is 6.66. The number of carbonyl (C=O) groups excluding carboxylic acids is 1. The third-order valence-electron chi connectivity index (χ3n) is 3.96. The Morgan fingerprint density at radius 2 is 1.96 bits per heavy atom. The van der Waals surface area contributed by atoms with Crippen LogP contribution in [0.3, 0.4) is 0 Å². The van der Waals surface area contributed by atoms with Gasteiger partial charge in [-0.3, -0.25) is 9.36 Å². The molecular weight excluding hydrogens is 360 g/mol. The normalized spacial score (nSPS) is 12.3. The fourth-order valence-electron chi connectivity index (χ4n) is 2.69. The number of nitrogens with zero attached hydrogens (tertiary/aromatic N) is 3. The topological polar surface area (TPSA) is 73.0 Å². The number of rotatable bonds is 8. The Hall–Kier alpha value is -2.54. The number of benzene rings is 1. The van der Waals surface area contributed by atoms with Crippen molar-refractivity contribution in [3.63, 3.8) is 0 Å². The van der Waals surface area contributed by atoms with Gasteiger partial charge in [0.15, 0.2) is 16.7 Å². The maximum Gasteiger partial charge on any atom is 0.237 e. The largest absolute Gasteiger partial charge is 0.461 e. The number of thioether (sulfide) groups is 1. The minimum absolute atomic E-state index is 0.0349. The molecule has 2 heterocycles. The lowest BCUT2D eigenvalue weighted by atomic mass is 10.2. The van der Waals surface area contributed by atoms with E-state index in [1.165, 1.54) is 11.8 Å². The average molecular weight is 385 g/mol. The van der Waals surface area contributed by atoms with Gasteiger partial charge in [0.25, 0.3) is 0 Å². The molecule has 0 unspecified atom stereocenters. The van der Waals surface area contributed by atoms with Crippen LogP contribution in [0.5, 0.6) is 0 Å². The van der Waals surface area contributed by atoms with Gasteiger partial charge >= 0.3 is 0 Å². The molecule has 7 heteroatoms. The van der Waals surface area contributed by atoms with E-state index in [2.05, 4.69) is 29.4 Å². The molecule has 27 heavy (non-hydrogen) atoms. The predicted molar refractivity (Wildman–Crippen MR) is 108 cm³/mol. The lowest BCUT2D eigenvalue weighted by molar-refractivity contribution is -0.115. The number of nitrogens with one attached hydrogen (secondary N) is 1. The summed E-state index contributed by atoms with van der Waals surface area (Å²) in [6.07, 6.45) is 2.31. The molecule has 0 aliphatic heterocycles. The molecule has 0 fully saturated rings. The Labute approximate surface area is 163 Å². The highest BCUT2D eigenvalue weighted by molar-refractivity contribution is 8.00. The average Bonchev–Trinajstić information content (AvgIpc) is 3.30. The summed E-state index contributed by atoms with van der Waals surface area (Å²) in [6, 6.07) is 13.2. The van der Waals surface area contributed by atoms with E-state index in [4.69, 9.17) is 4.42 Å². The predicted octanol–water partition coefficient (Wildman–Crippen LogP) is 4.70. The summed E-state index contributed by atoms with van der Waals surface area (Å²) in [7, 11) is 0. The summed E-state index contributed by atoms with van der Waals surface area (Å²) in [5.74, 6) is 1.74. The van der Waals surface area contributed by atoms with Crippen LogP contribution in [0.25, 0.3) is 11.6 Å².